The Morgan fingerprint density at radius 1 is 1.08 bits per heavy atom. The smallest absolute Gasteiger partial charge is 0.282 e. The maximum Gasteiger partial charge on any atom is 0.282 e. The lowest BCUT2D eigenvalue weighted by atomic mass is 10.1. The summed E-state index contributed by atoms with van der Waals surface area (Å²) in [6, 6.07) is 14.7. The van der Waals surface area contributed by atoms with Crippen molar-refractivity contribution in [2.45, 2.75) is 0 Å². The SMILES string of the molecule is CN(C)c1ccc(C=C2C(=O)NN(c3ccccc3)C2=O)cc1Br. The third kappa shape index (κ3) is 3.05. The summed E-state index contributed by atoms with van der Waals surface area (Å²) in [5.74, 6) is -0.768. The summed E-state index contributed by atoms with van der Waals surface area (Å²) in [5, 5.41) is 1.26. The monoisotopic (exact) mass is 385 g/mol. The summed E-state index contributed by atoms with van der Waals surface area (Å²) in [6.07, 6.45) is 1.60. The number of amides is 2. The van der Waals surface area contributed by atoms with E-state index in [-0.39, 0.29) is 11.5 Å². The maximum absolute atomic E-state index is 12.5. The Labute approximate surface area is 148 Å². The van der Waals surface area contributed by atoms with Crippen molar-refractivity contribution in [3.63, 3.8) is 0 Å². The number of para-hydroxylation sites is 1. The molecule has 0 aliphatic carbocycles. The standard InChI is InChI=1S/C18H16BrN3O2/c1-21(2)16-9-8-12(11-15(16)19)10-14-17(23)20-22(18(14)24)13-6-4-3-5-7-13/h3-11H,1-2H3,(H,20,23). The van der Waals surface area contributed by atoms with Crippen LogP contribution in [0, 0.1) is 0 Å². The molecule has 122 valence electrons. The van der Waals surface area contributed by atoms with Gasteiger partial charge in [0.25, 0.3) is 11.8 Å². The van der Waals surface area contributed by atoms with Gasteiger partial charge in [0.15, 0.2) is 0 Å². The number of nitrogens with one attached hydrogen (secondary N) is 1. The predicted molar refractivity (Wildman–Crippen MR) is 98.5 cm³/mol. The summed E-state index contributed by atoms with van der Waals surface area (Å²) >= 11 is 3.51. The summed E-state index contributed by atoms with van der Waals surface area (Å²) in [4.78, 5) is 26.7. The number of anilines is 2. The van der Waals surface area contributed by atoms with Crippen LogP contribution in [0.25, 0.3) is 6.08 Å². The van der Waals surface area contributed by atoms with E-state index in [4.69, 9.17) is 0 Å². The van der Waals surface area contributed by atoms with Crippen LogP contribution in [0.2, 0.25) is 0 Å². The first-order valence-electron chi connectivity index (χ1n) is 7.36. The number of benzene rings is 2. The molecule has 0 saturated carbocycles. The van der Waals surface area contributed by atoms with Gasteiger partial charge in [-0.1, -0.05) is 24.3 Å². The molecule has 24 heavy (non-hydrogen) atoms. The lowest BCUT2D eigenvalue weighted by molar-refractivity contribution is -0.117. The van der Waals surface area contributed by atoms with Crippen LogP contribution in [0.1, 0.15) is 5.56 Å². The van der Waals surface area contributed by atoms with E-state index in [2.05, 4.69) is 21.4 Å². The number of nitrogens with zero attached hydrogens (tertiary/aromatic N) is 2. The van der Waals surface area contributed by atoms with Gasteiger partial charge in [0.05, 0.1) is 11.4 Å². The number of halogens is 1. The molecule has 1 N–H and O–H groups in total. The van der Waals surface area contributed by atoms with E-state index in [1.807, 2.05) is 55.4 Å². The van der Waals surface area contributed by atoms with Crippen LogP contribution < -0.4 is 15.3 Å². The Hall–Kier alpha value is -2.60. The molecular formula is C18H16BrN3O2. The number of hydrogen-bond donors (Lipinski definition) is 1. The molecule has 1 aliphatic heterocycles. The zero-order chi connectivity index (χ0) is 17.3. The third-order valence-electron chi connectivity index (χ3n) is 3.67. The van der Waals surface area contributed by atoms with Crippen LogP contribution in [-0.4, -0.2) is 25.9 Å². The molecular weight excluding hydrogens is 370 g/mol. The molecule has 6 heteroatoms. The molecule has 0 bridgehead atoms. The Kier molecular flexibility index (Phi) is 4.40. The number of rotatable bonds is 3. The van der Waals surface area contributed by atoms with Crippen LogP contribution >= 0.6 is 15.9 Å². The van der Waals surface area contributed by atoms with E-state index in [0.717, 1.165) is 15.7 Å². The van der Waals surface area contributed by atoms with Crippen LogP contribution in [0.15, 0.2) is 58.6 Å². The van der Waals surface area contributed by atoms with Crippen LogP contribution in [0.5, 0.6) is 0 Å². The highest BCUT2D eigenvalue weighted by Crippen LogP contribution is 2.27. The number of carbonyl (C=O) groups is 2. The predicted octanol–water partition coefficient (Wildman–Crippen LogP) is 2.98. The van der Waals surface area contributed by atoms with Crippen molar-refractivity contribution in [1.29, 1.82) is 0 Å². The quantitative estimate of drug-likeness (QED) is 0.652. The minimum absolute atomic E-state index is 0.114. The first-order valence-corrected chi connectivity index (χ1v) is 8.16. The van der Waals surface area contributed by atoms with Crippen LogP contribution in [-0.2, 0) is 9.59 Å². The highest BCUT2D eigenvalue weighted by molar-refractivity contribution is 9.10. The molecule has 0 spiro atoms. The van der Waals surface area contributed by atoms with Gasteiger partial charge in [-0.3, -0.25) is 15.0 Å². The lowest BCUT2D eigenvalue weighted by Crippen LogP contribution is -2.35. The largest absolute Gasteiger partial charge is 0.377 e. The van der Waals surface area contributed by atoms with E-state index in [0.29, 0.717) is 5.69 Å². The molecule has 0 aromatic heterocycles. The van der Waals surface area contributed by atoms with Crippen LogP contribution in [0.4, 0.5) is 11.4 Å². The second-order valence-corrected chi connectivity index (χ2v) is 6.43. The second kappa shape index (κ2) is 6.49. The van der Waals surface area contributed by atoms with Gasteiger partial charge in [0.2, 0.25) is 0 Å². The fraction of sp³-hybridized carbons (Fsp3) is 0.111. The van der Waals surface area contributed by atoms with Crippen molar-refractivity contribution in [3.8, 4) is 0 Å². The van der Waals surface area contributed by atoms with Gasteiger partial charge < -0.3 is 4.90 Å². The summed E-state index contributed by atoms with van der Waals surface area (Å²) < 4.78 is 0.896. The van der Waals surface area contributed by atoms with Crippen LogP contribution in [0.3, 0.4) is 0 Å². The molecule has 2 aromatic rings. The molecule has 0 radical (unpaired) electrons. The Morgan fingerprint density at radius 3 is 2.42 bits per heavy atom. The summed E-state index contributed by atoms with van der Waals surface area (Å²) in [6.45, 7) is 0. The number of carbonyl (C=O) groups excluding carboxylic acids is 2. The van der Waals surface area contributed by atoms with Gasteiger partial charge in [-0.25, -0.2) is 5.01 Å². The summed E-state index contributed by atoms with van der Waals surface area (Å²) in [7, 11) is 3.90. The number of hydrogen-bond acceptors (Lipinski definition) is 3. The Bertz CT molecular complexity index is 831. The van der Waals surface area contributed by atoms with E-state index in [9.17, 15) is 9.59 Å². The van der Waals surface area contributed by atoms with Gasteiger partial charge in [-0.2, -0.15) is 0 Å². The molecule has 1 aliphatic rings. The van der Waals surface area contributed by atoms with Crippen molar-refractivity contribution in [1.82, 2.24) is 5.43 Å². The zero-order valence-corrected chi connectivity index (χ0v) is 14.9. The van der Waals surface area contributed by atoms with Gasteiger partial charge in [0.1, 0.15) is 5.57 Å². The fourth-order valence-corrected chi connectivity index (χ4v) is 3.21. The second-order valence-electron chi connectivity index (χ2n) is 5.58. The zero-order valence-electron chi connectivity index (χ0n) is 13.3. The van der Waals surface area contributed by atoms with Crippen molar-refractivity contribution in [2.75, 3.05) is 24.0 Å². The molecule has 1 fully saturated rings. The molecule has 2 amide bonds. The van der Waals surface area contributed by atoms with Gasteiger partial charge in [-0.05, 0) is 51.8 Å². The first kappa shape index (κ1) is 16.3. The molecule has 1 saturated heterocycles. The average molecular weight is 386 g/mol. The minimum atomic E-state index is -0.406. The topological polar surface area (TPSA) is 52.7 Å². The molecule has 3 rings (SSSR count). The Balaban J connectivity index is 1.92. The van der Waals surface area contributed by atoms with E-state index < -0.39 is 5.91 Å². The van der Waals surface area contributed by atoms with Crippen molar-refractivity contribution >= 4 is 45.2 Å². The van der Waals surface area contributed by atoms with E-state index in [1.54, 1.807) is 18.2 Å². The van der Waals surface area contributed by atoms with Crippen molar-refractivity contribution < 1.29 is 9.59 Å². The highest BCUT2D eigenvalue weighted by atomic mass is 79.9. The molecule has 5 nitrogen and oxygen atoms in total. The van der Waals surface area contributed by atoms with E-state index in [1.165, 1.54) is 5.01 Å². The molecule has 0 atom stereocenters. The first-order chi connectivity index (χ1) is 11.5. The molecule has 1 heterocycles. The van der Waals surface area contributed by atoms with E-state index >= 15 is 0 Å². The highest BCUT2D eigenvalue weighted by Gasteiger charge is 2.34. The van der Waals surface area contributed by atoms with Crippen molar-refractivity contribution in [3.05, 3.63) is 64.1 Å². The van der Waals surface area contributed by atoms with Gasteiger partial charge >= 0.3 is 0 Å². The Morgan fingerprint density at radius 2 is 1.79 bits per heavy atom. The van der Waals surface area contributed by atoms with Gasteiger partial charge in [0, 0.05) is 18.6 Å². The minimum Gasteiger partial charge on any atom is -0.377 e. The normalized spacial score (nSPS) is 15.8. The molecule has 0 unspecified atom stereocenters. The maximum atomic E-state index is 12.5. The van der Waals surface area contributed by atoms with Crippen molar-refractivity contribution in [2.24, 2.45) is 0 Å². The lowest BCUT2D eigenvalue weighted by Gasteiger charge is -2.15. The van der Waals surface area contributed by atoms with Gasteiger partial charge in [-0.15, -0.1) is 0 Å². The molecule has 2 aromatic carbocycles. The number of hydrazine groups is 1. The average Bonchev–Trinajstić information content (AvgIpc) is 2.83. The third-order valence-corrected chi connectivity index (χ3v) is 4.31. The summed E-state index contributed by atoms with van der Waals surface area (Å²) in [5.41, 5.74) is 5.13. The fourth-order valence-electron chi connectivity index (χ4n) is 2.46.